The van der Waals surface area contributed by atoms with Crippen molar-refractivity contribution in [3.05, 3.63) is 0 Å². The summed E-state index contributed by atoms with van der Waals surface area (Å²) < 4.78 is 10.5. The van der Waals surface area contributed by atoms with Gasteiger partial charge in [-0.05, 0) is 32.7 Å². The molecule has 0 saturated carbocycles. The molecule has 0 spiro atoms. The van der Waals surface area contributed by atoms with E-state index in [4.69, 9.17) is 9.47 Å². The fourth-order valence-corrected chi connectivity index (χ4v) is 2.91. The molecule has 0 bridgehead atoms. The lowest BCUT2D eigenvalue weighted by Gasteiger charge is -2.40. The average molecular weight is 303 g/mol. The van der Waals surface area contributed by atoms with Crippen LogP contribution in [0.4, 0.5) is 0 Å². The number of carboxylic acids is 1. The van der Waals surface area contributed by atoms with Crippen LogP contribution >= 0.6 is 0 Å². The predicted molar refractivity (Wildman–Crippen MR) is 79.3 cm³/mol. The lowest BCUT2D eigenvalue weighted by atomic mass is 9.77. The van der Waals surface area contributed by atoms with Gasteiger partial charge in [0, 0.05) is 20.2 Å². The number of aliphatic hydroxyl groups is 1. The first kappa shape index (κ1) is 18.4. The average Bonchev–Trinajstić information content (AvgIpc) is 2.45. The molecule has 0 aromatic carbocycles. The minimum atomic E-state index is -0.728. The van der Waals surface area contributed by atoms with Crippen molar-refractivity contribution in [2.45, 2.75) is 45.3 Å². The number of carbonyl (C=O) groups is 1. The number of likely N-dealkylation sites (tertiary alicyclic amines) is 1. The molecular weight excluding hydrogens is 274 g/mol. The van der Waals surface area contributed by atoms with Crippen molar-refractivity contribution in [3.63, 3.8) is 0 Å². The van der Waals surface area contributed by atoms with Gasteiger partial charge >= 0.3 is 5.97 Å². The number of hydrogen-bond acceptors (Lipinski definition) is 5. The van der Waals surface area contributed by atoms with Gasteiger partial charge in [-0.3, -0.25) is 9.69 Å². The van der Waals surface area contributed by atoms with Gasteiger partial charge < -0.3 is 19.7 Å². The molecule has 0 amide bonds. The maximum atomic E-state index is 11.5. The van der Waals surface area contributed by atoms with Crippen LogP contribution < -0.4 is 0 Å². The molecule has 0 radical (unpaired) electrons. The number of methoxy groups -OCH3 is 1. The Morgan fingerprint density at radius 3 is 2.71 bits per heavy atom. The fourth-order valence-electron chi connectivity index (χ4n) is 2.91. The van der Waals surface area contributed by atoms with Gasteiger partial charge in [0.15, 0.2) is 0 Å². The van der Waals surface area contributed by atoms with E-state index >= 15 is 0 Å². The summed E-state index contributed by atoms with van der Waals surface area (Å²) >= 11 is 0. The molecule has 1 aliphatic rings. The molecule has 1 fully saturated rings. The number of β-amino-alcohol motifs (C(OH)–C–C–N with tert-alkyl or cyclic N) is 1. The zero-order valence-corrected chi connectivity index (χ0v) is 13.4. The molecule has 3 unspecified atom stereocenters. The Bertz CT molecular complexity index is 325. The zero-order chi connectivity index (χ0) is 15.9. The number of nitrogens with zero attached hydrogens (tertiary/aromatic N) is 1. The first-order chi connectivity index (χ1) is 9.93. The molecule has 3 atom stereocenters. The van der Waals surface area contributed by atoms with Crippen LogP contribution in [0, 0.1) is 5.41 Å². The number of aliphatic hydroxyl groups excluding tert-OH is 1. The summed E-state index contributed by atoms with van der Waals surface area (Å²) in [7, 11) is 1.61. The van der Waals surface area contributed by atoms with Crippen LogP contribution in [-0.2, 0) is 14.3 Å². The standard InChI is InChI=1S/C15H29NO5/c1-4-15(14(18)19)6-5-7-16(11-15)8-13(17)10-21-12(2)9-20-3/h12-13,17H,4-11H2,1-3H3,(H,18,19). The summed E-state index contributed by atoms with van der Waals surface area (Å²) in [5.74, 6) is -0.728. The summed E-state index contributed by atoms with van der Waals surface area (Å²) in [5, 5.41) is 19.5. The van der Waals surface area contributed by atoms with Gasteiger partial charge in [-0.2, -0.15) is 0 Å². The van der Waals surface area contributed by atoms with Crippen molar-refractivity contribution in [2.75, 3.05) is 40.0 Å². The van der Waals surface area contributed by atoms with Gasteiger partial charge in [-0.1, -0.05) is 6.92 Å². The van der Waals surface area contributed by atoms with Crippen LogP contribution in [0.2, 0.25) is 0 Å². The van der Waals surface area contributed by atoms with Gasteiger partial charge in [0.25, 0.3) is 0 Å². The molecule has 2 N–H and O–H groups in total. The van der Waals surface area contributed by atoms with Crippen LogP contribution in [0.5, 0.6) is 0 Å². The number of hydrogen-bond donors (Lipinski definition) is 2. The van der Waals surface area contributed by atoms with Gasteiger partial charge in [-0.15, -0.1) is 0 Å². The Balaban J connectivity index is 2.41. The normalized spacial score (nSPS) is 26.5. The van der Waals surface area contributed by atoms with Crippen LogP contribution in [-0.4, -0.2) is 73.2 Å². The summed E-state index contributed by atoms with van der Waals surface area (Å²) in [6.45, 7) is 6.34. The number of carboxylic acid groups (broad SMARTS) is 1. The van der Waals surface area contributed by atoms with E-state index in [1.54, 1.807) is 7.11 Å². The predicted octanol–water partition coefficient (Wildman–Crippen LogP) is 0.976. The van der Waals surface area contributed by atoms with Crippen LogP contribution in [0.25, 0.3) is 0 Å². The molecule has 6 heteroatoms. The molecule has 124 valence electrons. The van der Waals surface area contributed by atoms with E-state index in [-0.39, 0.29) is 12.7 Å². The van der Waals surface area contributed by atoms with E-state index in [0.717, 1.165) is 13.0 Å². The molecule has 6 nitrogen and oxygen atoms in total. The van der Waals surface area contributed by atoms with Crippen molar-refractivity contribution < 1.29 is 24.5 Å². The van der Waals surface area contributed by atoms with Crippen molar-refractivity contribution in [1.82, 2.24) is 4.90 Å². The maximum Gasteiger partial charge on any atom is 0.310 e. The zero-order valence-electron chi connectivity index (χ0n) is 13.4. The van der Waals surface area contributed by atoms with E-state index in [9.17, 15) is 15.0 Å². The molecule has 0 aliphatic carbocycles. The second-order valence-electron chi connectivity index (χ2n) is 6.03. The second kappa shape index (κ2) is 8.68. The molecule has 1 aliphatic heterocycles. The van der Waals surface area contributed by atoms with Crippen LogP contribution in [0.15, 0.2) is 0 Å². The largest absolute Gasteiger partial charge is 0.481 e. The van der Waals surface area contributed by atoms with E-state index in [1.165, 1.54) is 0 Å². The Hall–Kier alpha value is -0.690. The number of rotatable bonds is 9. The van der Waals surface area contributed by atoms with Gasteiger partial charge in [0.1, 0.15) is 0 Å². The fraction of sp³-hybridized carbons (Fsp3) is 0.933. The highest BCUT2D eigenvalue weighted by Gasteiger charge is 2.40. The van der Waals surface area contributed by atoms with Crippen molar-refractivity contribution in [2.24, 2.45) is 5.41 Å². The van der Waals surface area contributed by atoms with E-state index in [1.807, 2.05) is 18.7 Å². The monoisotopic (exact) mass is 303 g/mol. The molecule has 1 saturated heterocycles. The summed E-state index contributed by atoms with van der Waals surface area (Å²) in [6, 6.07) is 0. The first-order valence-electron chi connectivity index (χ1n) is 7.68. The lowest BCUT2D eigenvalue weighted by molar-refractivity contribution is -0.153. The van der Waals surface area contributed by atoms with Crippen molar-refractivity contribution in [1.29, 1.82) is 0 Å². The second-order valence-corrected chi connectivity index (χ2v) is 6.03. The third-order valence-electron chi connectivity index (χ3n) is 4.23. The third kappa shape index (κ3) is 5.54. The summed E-state index contributed by atoms with van der Waals surface area (Å²) in [4.78, 5) is 13.5. The Kier molecular flexibility index (Phi) is 7.59. The maximum absolute atomic E-state index is 11.5. The molecular formula is C15H29NO5. The highest BCUT2D eigenvalue weighted by Crippen LogP contribution is 2.33. The molecule has 0 aromatic heterocycles. The Morgan fingerprint density at radius 1 is 1.43 bits per heavy atom. The van der Waals surface area contributed by atoms with Gasteiger partial charge in [-0.25, -0.2) is 0 Å². The van der Waals surface area contributed by atoms with E-state index in [0.29, 0.717) is 32.5 Å². The van der Waals surface area contributed by atoms with Gasteiger partial charge in [0.2, 0.25) is 0 Å². The Morgan fingerprint density at radius 2 is 2.14 bits per heavy atom. The summed E-state index contributed by atoms with van der Waals surface area (Å²) in [5.41, 5.74) is -0.665. The quantitative estimate of drug-likeness (QED) is 0.661. The minimum Gasteiger partial charge on any atom is -0.481 e. The number of aliphatic carboxylic acids is 1. The lowest BCUT2D eigenvalue weighted by Crippen LogP contribution is -2.50. The SMILES string of the molecule is CCC1(C(=O)O)CCCN(CC(O)COC(C)COC)C1. The topological polar surface area (TPSA) is 79.2 Å². The number of piperidine rings is 1. The minimum absolute atomic E-state index is 0.0558. The van der Waals surface area contributed by atoms with E-state index < -0.39 is 17.5 Å². The Labute approximate surface area is 127 Å². The highest BCUT2D eigenvalue weighted by molar-refractivity contribution is 5.75. The van der Waals surface area contributed by atoms with E-state index in [2.05, 4.69) is 0 Å². The number of ether oxygens (including phenoxy) is 2. The van der Waals surface area contributed by atoms with Crippen molar-refractivity contribution in [3.8, 4) is 0 Å². The molecule has 0 aromatic rings. The summed E-state index contributed by atoms with van der Waals surface area (Å²) in [6.07, 6.45) is 1.53. The van der Waals surface area contributed by atoms with Crippen LogP contribution in [0.1, 0.15) is 33.1 Å². The first-order valence-corrected chi connectivity index (χ1v) is 7.68. The van der Waals surface area contributed by atoms with Crippen molar-refractivity contribution >= 4 is 5.97 Å². The smallest absolute Gasteiger partial charge is 0.310 e. The molecule has 21 heavy (non-hydrogen) atoms. The molecule has 1 heterocycles. The van der Waals surface area contributed by atoms with Crippen LogP contribution in [0.3, 0.4) is 0 Å². The molecule has 1 rings (SSSR count). The third-order valence-corrected chi connectivity index (χ3v) is 4.23. The highest BCUT2D eigenvalue weighted by atomic mass is 16.5. The van der Waals surface area contributed by atoms with Gasteiger partial charge in [0.05, 0.1) is 30.8 Å².